The first-order chi connectivity index (χ1) is 9.99. The topological polar surface area (TPSA) is 89.7 Å². The molecule has 7 heteroatoms. The Morgan fingerprint density at radius 1 is 1.14 bits per heavy atom. The van der Waals surface area contributed by atoms with Gasteiger partial charge in [0.25, 0.3) is 11.8 Å². The van der Waals surface area contributed by atoms with Crippen molar-refractivity contribution in [1.29, 1.82) is 0 Å². The van der Waals surface area contributed by atoms with Gasteiger partial charge in [0, 0.05) is 6.92 Å². The monoisotopic (exact) mass is 286 g/mol. The van der Waals surface area contributed by atoms with E-state index in [1.54, 1.807) is 26.0 Å². The number of carbonyl (C=O) groups excluding carboxylic acids is 3. The zero-order valence-electron chi connectivity index (χ0n) is 11.2. The highest BCUT2D eigenvalue weighted by atomic mass is 16.7. The van der Waals surface area contributed by atoms with Crippen LogP contribution in [0.3, 0.4) is 0 Å². The van der Waals surface area contributed by atoms with Crippen molar-refractivity contribution in [3.8, 4) is 0 Å². The van der Waals surface area contributed by atoms with Gasteiger partial charge >= 0.3 is 5.97 Å². The van der Waals surface area contributed by atoms with Gasteiger partial charge in [-0.05, 0) is 19.1 Å². The summed E-state index contributed by atoms with van der Waals surface area (Å²) >= 11 is 0. The molecule has 21 heavy (non-hydrogen) atoms. The van der Waals surface area contributed by atoms with Crippen LogP contribution in [0.15, 0.2) is 28.7 Å². The van der Waals surface area contributed by atoms with E-state index in [-0.39, 0.29) is 16.9 Å². The maximum absolute atomic E-state index is 12.0. The average Bonchev–Trinajstić information content (AvgIpc) is 2.92. The van der Waals surface area contributed by atoms with Gasteiger partial charge in [0.15, 0.2) is 5.89 Å². The van der Waals surface area contributed by atoms with Gasteiger partial charge in [-0.15, -0.1) is 0 Å². The molecule has 2 aromatic rings. The van der Waals surface area contributed by atoms with Crippen molar-refractivity contribution in [1.82, 2.24) is 10.0 Å². The summed E-state index contributed by atoms with van der Waals surface area (Å²) < 4.78 is 5.10. The Hall–Kier alpha value is -2.96. The van der Waals surface area contributed by atoms with Crippen molar-refractivity contribution in [2.75, 3.05) is 0 Å². The number of hydroxylamine groups is 2. The molecule has 0 atom stereocenters. The minimum Gasteiger partial charge on any atom is -0.434 e. The van der Waals surface area contributed by atoms with E-state index in [0.717, 1.165) is 0 Å². The molecule has 0 radical (unpaired) electrons. The van der Waals surface area contributed by atoms with Gasteiger partial charge in [-0.2, -0.15) is 0 Å². The largest absolute Gasteiger partial charge is 0.434 e. The first-order valence-corrected chi connectivity index (χ1v) is 6.13. The summed E-state index contributed by atoms with van der Waals surface area (Å²) in [7, 11) is 0. The fourth-order valence-corrected chi connectivity index (χ4v) is 2.10. The molecule has 0 aliphatic carbocycles. The maximum Gasteiger partial charge on any atom is 0.401 e. The van der Waals surface area contributed by atoms with Crippen LogP contribution < -0.4 is 0 Å². The van der Waals surface area contributed by atoms with E-state index in [1.165, 1.54) is 12.1 Å². The van der Waals surface area contributed by atoms with Gasteiger partial charge in [-0.25, -0.2) is 9.78 Å². The lowest BCUT2D eigenvalue weighted by atomic mass is 10.1. The molecule has 1 aromatic heterocycles. The number of amides is 2. The zero-order valence-corrected chi connectivity index (χ0v) is 11.2. The fourth-order valence-electron chi connectivity index (χ4n) is 2.10. The fraction of sp³-hybridized carbons (Fsp3) is 0.143. The number of oxazole rings is 1. The lowest BCUT2D eigenvalue weighted by Crippen LogP contribution is -2.32. The third-order valence-electron chi connectivity index (χ3n) is 3.02. The number of hydrogen-bond donors (Lipinski definition) is 0. The minimum absolute atomic E-state index is 0.135. The molecule has 0 saturated carbocycles. The van der Waals surface area contributed by atoms with E-state index < -0.39 is 17.8 Å². The van der Waals surface area contributed by atoms with E-state index in [2.05, 4.69) is 4.98 Å². The van der Waals surface area contributed by atoms with Gasteiger partial charge in [0.2, 0.25) is 5.76 Å². The molecule has 1 aliphatic heterocycles. The normalized spacial score (nSPS) is 13.5. The third kappa shape index (κ3) is 1.99. The first-order valence-electron chi connectivity index (χ1n) is 6.13. The second kappa shape index (κ2) is 4.55. The van der Waals surface area contributed by atoms with Crippen LogP contribution in [0.2, 0.25) is 0 Å². The van der Waals surface area contributed by atoms with Gasteiger partial charge in [-0.1, -0.05) is 17.2 Å². The molecule has 0 unspecified atom stereocenters. The lowest BCUT2D eigenvalue weighted by Gasteiger charge is -2.11. The van der Waals surface area contributed by atoms with Crippen molar-refractivity contribution in [3.63, 3.8) is 0 Å². The number of nitrogens with zero attached hydrogens (tertiary/aromatic N) is 2. The number of carbonyl (C=O) groups is 3. The summed E-state index contributed by atoms with van der Waals surface area (Å²) in [6.07, 6.45) is 0. The summed E-state index contributed by atoms with van der Waals surface area (Å²) in [5, 5.41) is 0.435. The lowest BCUT2D eigenvalue weighted by molar-refractivity contribution is -0.0604. The van der Waals surface area contributed by atoms with E-state index in [0.29, 0.717) is 16.6 Å². The van der Waals surface area contributed by atoms with E-state index in [4.69, 9.17) is 9.25 Å². The second-order valence-corrected chi connectivity index (χ2v) is 4.48. The Bertz CT molecular complexity index is 742. The van der Waals surface area contributed by atoms with Crippen LogP contribution in [0.5, 0.6) is 0 Å². The first kappa shape index (κ1) is 13.0. The van der Waals surface area contributed by atoms with Crippen LogP contribution in [0, 0.1) is 13.8 Å². The Morgan fingerprint density at radius 3 is 2.19 bits per heavy atom. The molecule has 0 spiro atoms. The highest BCUT2D eigenvalue weighted by Crippen LogP contribution is 2.23. The smallest absolute Gasteiger partial charge is 0.401 e. The van der Waals surface area contributed by atoms with Gasteiger partial charge < -0.3 is 9.25 Å². The maximum atomic E-state index is 12.0. The van der Waals surface area contributed by atoms with E-state index in [1.807, 2.05) is 0 Å². The SMILES string of the molecule is Cc1nc(C)c(C(=O)ON2C(=O)c3ccccc3C2=O)o1. The number of aromatic nitrogens is 1. The van der Waals surface area contributed by atoms with Crippen LogP contribution in [0.1, 0.15) is 42.9 Å². The van der Waals surface area contributed by atoms with Gasteiger partial charge in [0.1, 0.15) is 0 Å². The number of imide groups is 1. The Kier molecular flexibility index (Phi) is 2.83. The van der Waals surface area contributed by atoms with Crippen LogP contribution in [-0.2, 0) is 4.84 Å². The molecule has 1 aromatic carbocycles. The molecular formula is C14H10N2O5. The second-order valence-electron chi connectivity index (χ2n) is 4.48. The van der Waals surface area contributed by atoms with Crippen molar-refractivity contribution in [2.45, 2.75) is 13.8 Å². The Morgan fingerprint density at radius 2 is 1.71 bits per heavy atom. The molecule has 0 fully saturated rings. The summed E-state index contributed by atoms with van der Waals surface area (Å²) in [5.74, 6) is -2.15. The van der Waals surface area contributed by atoms with E-state index >= 15 is 0 Å². The van der Waals surface area contributed by atoms with Crippen LogP contribution >= 0.6 is 0 Å². The number of rotatable bonds is 2. The predicted molar refractivity (Wildman–Crippen MR) is 68.3 cm³/mol. The highest BCUT2D eigenvalue weighted by Gasteiger charge is 2.39. The van der Waals surface area contributed by atoms with Crippen molar-refractivity contribution >= 4 is 17.8 Å². The molecular weight excluding hydrogens is 276 g/mol. The van der Waals surface area contributed by atoms with Crippen LogP contribution in [-0.4, -0.2) is 27.8 Å². The van der Waals surface area contributed by atoms with Crippen LogP contribution in [0.4, 0.5) is 0 Å². The molecule has 106 valence electrons. The Labute approximate surface area is 119 Å². The number of aryl methyl sites for hydroxylation is 2. The highest BCUT2D eigenvalue weighted by molar-refractivity contribution is 6.21. The van der Waals surface area contributed by atoms with E-state index in [9.17, 15) is 14.4 Å². The van der Waals surface area contributed by atoms with Crippen LogP contribution in [0.25, 0.3) is 0 Å². The standard InChI is InChI=1S/C14H10N2O5/c1-7-11(20-8(2)15-7)14(19)21-16-12(17)9-5-3-4-6-10(9)13(16)18/h3-6H,1-2H3. The molecule has 0 saturated heterocycles. The van der Waals surface area contributed by atoms with Crippen molar-refractivity contribution in [3.05, 3.63) is 52.7 Å². The van der Waals surface area contributed by atoms with Gasteiger partial charge in [-0.3, -0.25) is 9.59 Å². The average molecular weight is 286 g/mol. The quantitative estimate of drug-likeness (QED) is 0.780. The molecule has 3 rings (SSSR count). The Balaban J connectivity index is 1.87. The molecule has 2 heterocycles. The number of hydrogen-bond acceptors (Lipinski definition) is 6. The predicted octanol–water partition coefficient (Wildman–Crippen LogP) is 1.66. The molecule has 1 aliphatic rings. The molecule has 0 N–H and O–H groups in total. The number of fused-ring (bicyclic) bond motifs is 1. The summed E-state index contributed by atoms with van der Waals surface area (Å²) in [6, 6.07) is 6.24. The molecule has 7 nitrogen and oxygen atoms in total. The number of benzene rings is 1. The third-order valence-corrected chi connectivity index (χ3v) is 3.02. The minimum atomic E-state index is -0.942. The van der Waals surface area contributed by atoms with Crippen molar-refractivity contribution < 1.29 is 23.6 Å². The zero-order chi connectivity index (χ0) is 15.1. The molecule has 2 amide bonds. The summed E-state index contributed by atoms with van der Waals surface area (Å²) in [6.45, 7) is 3.14. The summed E-state index contributed by atoms with van der Waals surface area (Å²) in [5.41, 5.74) is 0.718. The molecule has 0 bridgehead atoms. The van der Waals surface area contributed by atoms with Crippen molar-refractivity contribution in [2.24, 2.45) is 0 Å². The summed E-state index contributed by atoms with van der Waals surface area (Å²) in [4.78, 5) is 44.9. The van der Waals surface area contributed by atoms with Gasteiger partial charge in [0.05, 0.1) is 16.8 Å².